The molecule has 1 aromatic heterocycles. The van der Waals surface area contributed by atoms with Crippen LogP contribution in [-0.4, -0.2) is 64.9 Å². The number of carbonyl (C=O) groups excluding carboxylic acids is 3. The molecule has 1 aromatic rings. The van der Waals surface area contributed by atoms with Crippen LogP contribution in [0.3, 0.4) is 0 Å². The van der Waals surface area contributed by atoms with Crippen molar-refractivity contribution >= 4 is 17.7 Å². The number of piperidine rings is 2. The zero-order valence-electron chi connectivity index (χ0n) is 14.0. The van der Waals surface area contributed by atoms with Crippen LogP contribution in [0.25, 0.3) is 0 Å². The maximum absolute atomic E-state index is 12.8. The topological polar surface area (TPSA) is 95.8 Å². The van der Waals surface area contributed by atoms with Crippen molar-refractivity contribution in [1.82, 2.24) is 20.3 Å². The van der Waals surface area contributed by atoms with Gasteiger partial charge in [-0.05, 0) is 18.8 Å². The first-order valence-electron chi connectivity index (χ1n) is 8.84. The van der Waals surface area contributed by atoms with Gasteiger partial charge in [0.25, 0.3) is 0 Å². The second-order valence-corrected chi connectivity index (χ2v) is 7.25. The van der Waals surface area contributed by atoms with E-state index >= 15 is 0 Å². The van der Waals surface area contributed by atoms with Gasteiger partial charge < -0.3 is 19.6 Å². The predicted molar refractivity (Wildman–Crippen MR) is 86.1 cm³/mol. The van der Waals surface area contributed by atoms with Crippen LogP contribution in [0.4, 0.5) is 0 Å². The molecule has 25 heavy (non-hydrogen) atoms. The molecule has 0 aliphatic carbocycles. The standard InChI is InChI=1S/C17H22N4O4/c22-15-2-1-12(7-18-15)17(24)20-8-11-5-14(10-20)21(9-11)16(23)6-13-3-4-25-19-13/h3-4,11-12,14H,1-2,5-10H2,(H,18,22). The molecule has 4 heterocycles. The second-order valence-electron chi connectivity index (χ2n) is 7.25. The van der Waals surface area contributed by atoms with Gasteiger partial charge in [-0.3, -0.25) is 14.4 Å². The minimum absolute atomic E-state index is 0.0207. The molecule has 0 aromatic carbocycles. The van der Waals surface area contributed by atoms with Gasteiger partial charge in [-0.1, -0.05) is 5.16 Å². The summed E-state index contributed by atoms with van der Waals surface area (Å²) in [7, 11) is 0. The molecule has 4 rings (SSSR count). The number of aromatic nitrogens is 1. The lowest BCUT2D eigenvalue weighted by molar-refractivity contribution is -0.140. The van der Waals surface area contributed by atoms with Gasteiger partial charge in [0.1, 0.15) is 6.26 Å². The number of hydrogen-bond acceptors (Lipinski definition) is 5. The highest BCUT2D eigenvalue weighted by Crippen LogP contribution is 2.31. The third-order valence-corrected chi connectivity index (χ3v) is 5.48. The van der Waals surface area contributed by atoms with Crippen LogP contribution in [0, 0.1) is 11.8 Å². The number of fused-ring (bicyclic) bond motifs is 2. The highest BCUT2D eigenvalue weighted by atomic mass is 16.5. The van der Waals surface area contributed by atoms with E-state index in [0.717, 1.165) is 6.42 Å². The lowest BCUT2D eigenvalue weighted by atomic mass is 9.94. The third-order valence-electron chi connectivity index (χ3n) is 5.48. The summed E-state index contributed by atoms with van der Waals surface area (Å²) < 4.78 is 4.78. The SMILES string of the molecule is O=C1CCC(C(=O)N2CC3CC(C2)N(C(=O)Cc2ccon2)C3)CN1. The smallest absolute Gasteiger partial charge is 0.229 e. The van der Waals surface area contributed by atoms with Crippen LogP contribution in [-0.2, 0) is 20.8 Å². The van der Waals surface area contributed by atoms with Crippen molar-refractivity contribution in [2.45, 2.75) is 31.7 Å². The van der Waals surface area contributed by atoms with Gasteiger partial charge in [-0.25, -0.2) is 0 Å². The zero-order chi connectivity index (χ0) is 17.4. The van der Waals surface area contributed by atoms with Gasteiger partial charge in [0.05, 0.1) is 18.0 Å². The Morgan fingerprint density at radius 2 is 2.20 bits per heavy atom. The van der Waals surface area contributed by atoms with E-state index in [2.05, 4.69) is 10.5 Å². The lowest BCUT2D eigenvalue weighted by Crippen LogP contribution is -2.51. The highest BCUT2D eigenvalue weighted by molar-refractivity contribution is 5.84. The Hall–Kier alpha value is -2.38. The Morgan fingerprint density at radius 3 is 2.92 bits per heavy atom. The molecule has 3 aliphatic heterocycles. The van der Waals surface area contributed by atoms with E-state index < -0.39 is 0 Å². The van der Waals surface area contributed by atoms with E-state index in [4.69, 9.17) is 4.52 Å². The van der Waals surface area contributed by atoms with Crippen molar-refractivity contribution < 1.29 is 18.9 Å². The fourth-order valence-electron chi connectivity index (χ4n) is 4.23. The van der Waals surface area contributed by atoms with E-state index in [-0.39, 0.29) is 36.1 Å². The summed E-state index contributed by atoms with van der Waals surface area (Å²) in [6.07, 6.45) is 3.69. The molecule has 0 saturated carbocycles. The highest BCUT2D eigenvalue weighted by Gasteiger charge is 2.43. The monoisotopic (exact) mass is 346 g/mol. The van der Waals surface area contributed by atoms with Gasteiger partial charge in [-0.2, -0.15) is 0 Å². The third kappa shape index (κ3) is 3.25. The lowest BCUT2D eigenvalue weighted by Gasteiger charge is -2.35. The predicted octanol–water partition coefficient (Wildman–Crippen LogP) is -0.197. The summed E-state index contributed by atoms with van der Waals surface area (Å²) in [5, 5.41) is 6.58. The fraction of sp³-hybridized carbons (Fsp3) is 0.647. The molecule has 3 atom stereocenters. The van der Waals surface area contributed by atoms with Crippen LogP contribution < -0.4 is 5.32 Å². The second kappa shape index (κ2) is 6.50. The van der Waals surface area contributed by atoms with Crippen molar-refractivity contribution in [1.29, 1.82) is 0 Å². The van der Waals surface area contributed by atoms with E-state index in [9.17, 15) is 14.4 Å². The Labute approximate surface area is 145 Å². The molecule has 3 amide bonds. The summed E-state index contributed by atoms with van der Waals surface area (Å²) in [6.45, 7) is 2.42. The van der Waals surface area contributed by atoms with Crippen LogP contribution in [0.2, 0.25) is 0 Å². The van der Waals surface area contributed by atoms with Crippen LogP contribution in [0.15, 0.2) is 16.9 Å². The number of carbonyl (C=O) groups is 3. The number of hydrogen-bond donors (Lipinski definition) is 1. The fourth-order valence-corrected chi connectivity index (χ4v) is 4.23. The van der Waals surface area contributed by atoms with Gasteiger partial charge in [0, 0.05) is 44.7 Å². The molecular weight excluding hydrogens is 324 g/mol. The zero-order valence-corrected chi connectivity index (χ0v) is 14.0. The molecule has 3 fully saturated rings. The molecule has 0 radical (unpaired) electrons. The van der Waals surface area contributed by atoms with E-state index in [1.54, 1.807) is 6.07 Å². The van der Waals surface area contributed by atoms with Gasteiger partial charge in [0.2, 0.25) is 17.7 Å². The van der Waals surface area contributed by atoms with Gasteiger partial charge >= 0.3 is 0 Å². The molecule has 2 bridgehead atoms. The minimum Gasteiger partial charge on any atom is -0.364 e. The average molecular weight is 346 g/mol. The number of nitrogens with zero attached hydrogens (tertiary/aromatic N) is 3. The molecule has 0 spiro atoms. The largest absolute Gasteiger partial charge is 0.364 e. The van der Waals surface area contributed by atoms with Crippen molar-refractivity contribution in [2.24, 2.45) is 11.8 Å². The number of nitrogens with one attached hydrogen (secondary N) is 1. The number of likely N-dealkylation sites (tertiary alicyclic amines) is 2. The van der Waals surface area contributed by atoms with Crippen molar-refractivity contribution in [3.05, 3.63) is 18.0 Å². The molecule has 3 saturated heterocycles. The minimum atomic E-state index is -0.130. The Balaban J connectivity index is 1.37. The Bertz CT molecular complexity index is 664. The van der Waals surface area contributed by atoms with Crippen molar-refractivity contribution in [3.8, 4) is 0 Å². The molecular formula is C17H22N4O4. The normalized spacial score (nSPS) is 28.8. The van der Waals surface area contributed by atoms with Gasteiger partial charge in [0.15, 0.2) is 0 Å². The summed E-state index contributed by atoms with van der Waals surface area (Å²) in [6, 6.07) is 1.79. The Morgan fingerprint density at radius 1 is 1.32 bits per heavy atom. The molecule has 8 heteroatoms. The van der Waals surface area contributed by atoms with E-state index in [0.29, 0.717) is 50.6 Å². The average Bonchev–Trinajstić information content (AvgIpc) is 3.22. The quantitative estimate of drug-likeness (QED) is 0.818. The van der Waals surface area contributed by atoms with Crippen LogP contribution in [0.5, 0.6) is 0 Å². The van der Waals surface area contributed by atoms with Gasteiger partial charge in [-0.15, -0.1) is 0 Å². The summed E-state index contributed by atoms with van der Waals surface area (Å²) in [5.74, 6) is 0.380. The maximum atomic E-state index is 12.8. The molecule has 3 unspecified atom stereocenters. The summed E-state index contributed by atoms with van der Waals surface area (Å²) in [5.41, 5.74) is 0.636. The van der Waals surface area contributed by atoms with Crippen LogP contribution >= 0.6 is 0 Å². The molecule has 1 N–H and O–H groups in total. The molecule has 134 valence electrons. The molecule has 3 aliphatic rings. The summed E-state index contributed by atoms with van der Waals surface area (Å²) >= 11 is 0. The molecule has 8 nitrogen and oxygen atoms in total. The maximum Gasteiger partial charge on any atom is 0.229 e. The van der Waals surface area contributed by atoms with Crippen LogP contribution in [0.1, 0.15) is 25.0 Å². The number of rotatable bonds is 3. The first kappa shape index (κ1) is 16.1. The summed E-state index contributed by atoms with van der Waals surface area (Å²) in [4.78, 5) is 40.4. The first-order chi connectivity index (χ1) is 12.1. The van der Waals surface area contributed by atoms with E-state index in [1.807, 2.05) is 9.80 Å². The first-order valence-corrected chi connectivity index (χ1v) is 8.84. The van der Waals surface area contributed by atoms with Crippen molar-refractivity contribution in [3.63, 3.8) is 0 Å². The Kier molecular flexibility index (Phi) is 4.19. The van der Waals surface area contributed by atoms with E-state index in [1.165, 1.54) is 6.26 Å². The number of amides is 3. The van der Waals surface area contributed by atoms with Crippen molar-refractivity contribution in [2.75, 3.05) is 26.2 Å².